The first kappa shape index (κ1) is 37.0. The summed E-state index contributed by atoms with van der Waals surface area (Å²) in [7, 11) is 0. The second kappa shape index (κ2) is 15.1. The van der Waals surface area contributed by atoms with Crippen LogP contribution in [0.5, 0.6) is 6.01 Å². The van der Waals surface area contributed by atoms with Gasteiger partial charge in [-0.1, -0.05) is 24.3 Å². The van der Waals surface area contributed by atoms with Crippen LogP contribution >= 0.6 is 0 Å². The Labute approximate surface area is 324 Å². The standard InChI is InChI=1S/C42H47F3N8O3/c1-26-34(44)11-8-27-5-2-6-32(36(26)27)38-37(45)39-33(20-47-38)40(49-41(48-39)56-25-42-13-4-15-51(42)21-28(43)19-42)50-17-18-53(29(22-50)12-14-46)35(54)7-3-16-52-30-9-10-31(52)24-55-23-30/h2,5-6,8,11,20,28-31H,3-4,7,9-10,12-13,15-19,21-25H2,1H3/t28-,29+,30-,31+,42+/m1/s1. The van der Waals surface area contributed by atoms with E-state index in [4.69, 9.17) is 14.5 Å². The summed E-state index contributed by atoms with van der Waals surface area (Å²) in [4.78, 5) is 36.2. The molecule has 0 N–H and O–H groups in total. The van der Waals surface area contributed by atoms with Crippen molar-refractivity contribution in [3.05, 3.63) is 53.7 Å². The lowest BCUT2D eigenvalue weighted by Gasteiger charge is -2.41. The number of fused-ring (bicyclic) bond motifs is 5. The van der Waals surface area contributed by atoms with E-state index in [-0.39, 0.29) is 36.2 Å². The number of aromatic nitrogens is 3. The fraction of sp³-hybridized carbons (Fsp3) is 0.548. The van der Waals surface area contributed by atoms with Crippen LogP contribution in [0.1, 0.15) is 56.9 Å². The maximum absolute atomic E-state index is 17.0. The van der Waals surface area contributed by atoms with E-state index in [1.54, 1.807) is 25.1 Å². The SMILES string of the molecule is Cc1c(F)ccc2cccc(-c3ncc4c(N5CCN(C(=O)CCCN6[C@@H]7CC[C@H]6COC7)[C@@H](CC#N)C5)nc(OC[C@@]56CCCN5C[C@H](F)C6)nc4c3F)c12. The molecule has 0 spiro atoms. The molecule has 9 rings (SSSR count). The van der Waals surface area contributed by atoms with Gasteiger partial charge in [0.1, 0.15) is 35.6 Å². The summed E-state index contributed by atoms with van der Waals surface area (Å²) in [6.45, 7) is 6.37. The van der Waals surface area contributed by atoms with Gasteiger partial charge in [0, 0.05) is 62.9 Å². The summed E-state index contributed by atoms with van der Waals surface area (Å²) in [5.74, 6) is -0.697. The fourth-order valence-corrected chi connectivity index (χ4v) is 10.2. The number of aryl methyl sites for hydroxylation is 1. The van der Waals surface area contributed by atoms with Gasteiger partial charge in [-0.05, 0) is 74.5 Å². The van der Waals surface area contributed by atoms with E-state index in [1.807, 2.05) is 15.9 Å². The number of piperazine rings is 1. The summed E-state index contributed by atoms with van der Waals surface area (Å²) >= 11 is 0. The van der Waals surface area contributed by atoms with Crippen molar-refractivity contribution >= 4 is 33.4 Å². The van der Waals surface area contributed by atoms with Crippen LogP contribution in [0, 0.1) is 29.9 Å². The molecule has 5 atom stereocenters. The Kier molecular flexibility index (Phi) is 9.96. The highest BCUT2D eigenvalue weighted by Crippen LogP contribution is 2.41. The van der Waals surface area contributed by atoms with Crippen molar-refractivity contribution in [2.45, 2.75) is 88.1 Å². The van der Waals surface area contributed by atoms with E-state index < -0.39 is 29.4 Å². The Morgan fingerprint density at radius 2 is 1.93 bits per heavy atom. The predicted octanol–water partition coefficient (Wildman–Crippen LogP) is 5.96. The second-order valence-electron chi connectivity index (χ2n) is 16.3. The van der Waals surface area contributed by atoms with Gasteiger partial charge in [0.05, 0.1) is 42.7 Å². The van der Waals surface area contributed by atoms with Gasteiger partial charge < -0.3 is 19.3 Å². The zero-order valence-corrected chi connectivity index (χ0v) is 31.7. The van der Waals surface area contributed by atoms with Gasteiger partial charge in [-0.2, -0.15) is 15.2 Å². The van der Waals surface area contributed by atoms with Crippen LogP contribution in [0.25, 0.3) is 32.9 Å². The molecule has 5 aliphatic rings. The molecule has 0 saturated carbocycles. The number of carbonyl (C=O) groups excluding carboxylic acids is 1. The third-order valence-electron chi connectivity index (χ3n) is 13.0. The Balaban J connectivity index is 1.03. The Morgan fingerprint density at radius 3 is 2.75 bits per heavy atom. The molecular weight excluding hydrogens is 722 g/mol. The lowest BCUT2D eigenvalue weighted by molar-refractivity contribution is -0.134. The molecule has 0 radical (unpaired) electrons. The van der Waals surface area contributed by atoms with Gasteiger partial charge in [-0.15, -0.1) is 0 Å². The molecule has 7 heterocycles. The number of pyridine rings is 1. The number of hydrogen-bond acceptors (Lipinski definition) is 10. The average molecular weight is 769 g/mol. The van der Waals surface area contributed by atoms with Crippen LogP contribution in [0.15, 0.2) is 36.5 Å². The number of carbonyl (C=O) groups is 1. The smallest absolute Gasteiger partial charge is 0.319 e. The minimum Gasteiger partial charge on any atom is -0.461 e. The van der Waals surface area contributed by atoms with Gasteiger partial charge in [-0.3, -0.25) is 19.6 Å². The number of nitriles is 1. The van der Waals surface area contributed by atoms with E-state index >= 15 is 4.39 Å². The number of benzene rings is 2. The molecule has 11 nitrogen and oxygen atoms in total. The highest BCUT2D eigenvalue weighted by molar-refractivity contribution is 6.00. The quantitative estimate of drug-likeness (QED) is 0.192. The molecule has 2 aromatic heterocycles. The summed E-state index contributed by atoms with van der Waals surface area (Å²) in [6.07, 6.45) is 6.19. The third-order valence-corrected chi connectivity index (χ3v) is 13.0. The zero-order chi connectivity index (χ0) is 38.6. The molecule has 5 saturated heterocycles. The monoisotopic (exact) mass is 768 g/mol. The summed E-state index contributed by atoms with van der Waals surface area (Å²) in [5.41, 5.74) is 0.356. The Bertz CT molecular complexity index is 2190. The van der Waals surface area contributed by atoms with Crippen molar-refractivity contribution in [2.24, 2.45) is 0 Å². The van der Waals surface area contributed by atoms with Crippen molar-refractivity contribution in [3.8, 4) is 23.3 Å². The molecule has 56 heavy (non-hydrogen) atoms. The highest BCUT2D eigenvalue weighted by atomic mass is 19.1. The molecule has 14 heteroatoms. The normalized spacial score (nSPS) is 26.6. The van der Waals surface area contributed by atoms with E-state index in [0.717, 1.165) is 63.8 Å². The third kappa shape index (κ3) is 6.61. The molecule has 5 fully saturated rings. The second-order valence-corrected chi connectivity index (χ2v) is 16.3. The van der Waals surface area contributed by atoms with Crippen molar-refractivity contribution in [2.75, 3.05) is 64.0 Å². The van der Waals surface area contributed by atoms with E-state index in [0.29, 0.717) is 78.8 Å². The molecule has 5 aliphatic heterocycles. The highest BCUT2D eigenvalue weighted by Gasteiger charge is 2.49. The van der Waals surface area contributed by atoms with Crippen LogP contribution in [0.3, 0.4) is 0 Å². The van der Waals surface area contributed by atoms with Crippen LogP contribution in [-0.4, -0.2) is 124 Å². The number of hydrogen-bond donors (Lipinski definition) is 0. The van der Waals surface area contributed by atoms with Gasteiger partial charge in [-0.25, -0.2) is 13.2 Å². The number of ether oxygens (including phenoxy) is 2. The van der Waals surface area contributed by atoms with Crippen molar-refractivity contribution in [1.82, 2.24) is 29.7 Å². The molecule has 4 aromatic rings. The summed E-state index contributed by atoms with van der Waals surface area (Å²) in [5, 5.41) is 11.5. The average Bonchev–Trinajstić information content (AvgIpc) is 3.80. The topological polar surface area (TPSA) is 111 Å². The largest absolute Gasteiger partial charge is 0.461 e. The van der Waals surface area contributed by atoms with Crippen LogP contribution in [0.2, 0.25) is 0 Å². The number of anilines is 1. The maximum Gasteiger partial charge on any atom is 0.319 e. The number of rotatable bonds is 10. The van der Waals surface area contributed by atoms with E-state index in [2.05, 4.69) is 25.8 Å². The molecule has 2 aromatic carbocycles. The van der Waals surface area contributed by atoms with Crippen LogP contribution in [0.4, 0.5) is 19.0 Å². The number of morpholine rings is 1. The van der Waals surface area contributed by atoms with Crippen molar-refractivity contribution in [1.29, 1.82) is 5.26 Å². The first-order valence-corrected chi connectivity index (χ1v) is 20.0. The lowest BCUT2D eigenvalue weighted by atomic mass is 9.95. The minimum atomic E-state index is -0.947. The molecule has 2 bridgehead atoms. The summed E-state index contributed by atoms with van der Waals surface area (Å²) in [6, 6.07) is 11.1. The van der Waals surface area contributed by atoms with Gasteiger partial charge >= 0.3 is 6.01 Å². The molecule has 0 aliphatic carbocycles. The lowest BCUT2D eigenvalue weighted by Crippen LogP contribution is -2.55. The molecule has 0 unspecified atom stereocenters. The van der Waals surface area contributed by atoms with Crippen LogP contribution in [-0.2, 0) is 9.53 Å². The molecular formula is C42H47F3N8O3. The van der Waals surface area contributed by atoms with Gasteiger partial charge in [0.2, 0.25) is 5.91 Å². The van der Waals surface area contributed by atoms with E-state index in [9.17, 15) is 18.8 Å². The number of nitrogens with zero attached hydrogens (tertiary/aromatic N) is 8. The molecule has 1 amide bonds. The maximum atomic E-state index is 17.0. The Morgan fingerprint density at radius 1 is 1.09 bits per heavy atom. The zero-order valence-electron chi connectivity index (χ0n) is 31.7. The van der Waals surface area contributed by atoms with E-state index in [1.165, 1.54) is 12.3 Å². The summed E-state index contributed by atoms with van der Waals surface area (Å²) < 4.78 is 58.6. The van der Waals surface area contributed by atoms with Crippen LogP contribution < -0.4 is 9.64 Å². The predicted molar refractivity (Wildman–Crippen MR) is 205 cm³/mol. The van der Waals surface area contributed by atoms with Gasteiger partial charge in [0.25, 0.3) is 0 Å². The molecule has 294 valence electrons. The Hall–Kier alpha value is -4.58. The fourth-order valence-electron chi connectivity index (χ4n) is 10.2. The van der Waals surface area contributed by atoms with Crippen molar-refractivity contribution < 1.29 is 27.4 Å². The van der Waals surface area contributed by atoms with Gasteiger partial charge in [0.15, 0.2) is 5.82 Å². The number of alkyl halides is 1. The van der Waals surface area contributed by atoms with Crippen molar-refractivity contribution in [3.63, 3.8) is 0 Å². The first-order valence-electron chi connectivity index (χ1n) is 20.0. The first-order chi connectivity index (χ1) is 27.2. The number of halogens is 3. The number of amides is 1. The minimum absolute atomic E-state index is 0.0101.